The van der Waals surface area contributed by atoms with Gasteiger partial charge in [-0.1, -0.05) is 0 Å². The topological polar surface area (TPSA) is 28.2 Å². The molecule has 1 aliphatic heterocycles. The molecular formula is C10H12F3N3. The molecule has 2 rings (SSSR count). The molecule has 0 radical (unpaired) electrons. The maximum atomic E-state index is 12.5. The number of anilines is 1. The SMILES string of the molecule is FC(F)(F)c1cncc(N2CCNCC2)c1. The molecule has 0 unspecified atom stereocenters. The summed E-state index contributed by atoms with van der Waals surface area (Å²) in [6, 6.07) is 1.15. The minimum atomic E-state index is -4.32. The second kappa shape index (κ2) is 4.29. The average molecular weight is 231 g/mol. The summed E-state index contributed by atoms with van der Waals surface area (Å²) >= 11 is 0. The molecule has 2 heterocycles. The largest absolute Gasteiger partial charge is 0.417 e. The predicted molar refractivity (Wildman–Crippen MR) is 54.3 cm³/mol. The van der Waals surface area contributed by atoms with Gasteiger partial charge in [-0.2, -0.15) is 13.2 Å². The van der Waals surface area contributed by atoms with Gasteiger partial charge in [0.2, 0.25) is 0 Å². The fraction of sp³-hybridized carbons (Fsp3) is 0.500. The van der Waals surface area contributed by atoms with Crippen molar-refractivity contribution in [1.29, 1.82) is 0 Å². The fourth-order valence-electron chi connectivity index (χ4n) is 1.68. The Kier molecular flexibility index (Phi) is 3.00. The Balaban J connectivity index is 2.21. The van der Waals surface area contributed by atoms with Crippen LogP contribution in [0, 0.1) is 0 Å². The highest BCUT2D eigenvalue weighted by molar-refractivity contribution is 5.47. The molecular weight excluding hydrogens is 219 g/mol. The molecule has 0 amide bonds. The number of halogens is 3. The lowest BCUT2D eigenvalue weighted by atomic mass is 10.2. The first kappa shape index (κ1) is 11.2. The van der Waals surface area contributed by atoms with E-state index in [9.17, 15) is 13.2 Å². The van der Waals surface area contributed by atoms with E-state index in [1.54, 1.807) is 0 Å². The molecule has 1 aromatic heterocycles. The summed E-state index contributed by atoms with van der Waals surface area (Å²) in [5.41, 5.74) is -0.153. The zero-order valence-corrected chi connectivity index (χ0v) is 8.59. The summed E-state index contributed by atoms with van der Waals surface area (Å²) in [6.07, 6.45) is -2.00. The molecule has 1 aromatic rings. The van der Waals surface area contributed by atoms with Gasteiger partial charge in [-0.15, -0.1) is 0 Å². The van der Waals surface area contributed by atoms with Gasteiger partial charge in [0.25, 0.3) is 0 Å². The molecule has 1 saturated heterocycles. The van der Waals surface area contributed by atoms with Gasteiger partial charge in [0.15, 0.2) is 0 Å². The molecule has 3 nitrogen and oxygen atoms in total. The first-order valence-electron chi connectivity index (χ1n) is 5.05. The van der Waals surface area contributed by atoms with Crippen LogP contribution < -0.4 is 10.2 Å². The summed E-state index contributed by atoms with van der Waals surface area (Å²) in [7, 11) is 0. The molecule has 0 saturated carbocycles. The quantitative estimate of drug-likeness (QED) is 0.794. The lowest BCUT2D eigenvalue weighted by molar-refractivity contribution is -0.137. The Hall–Kier alpha value is -1.30. The minimum Gasteiger partial charge on any atom is -0.368 e. The third kappa shape index (κ3) is 2.44. The molecule has 0 aliphatic carbocycles. The lowest BCUT2D eigenvalue weighted by Gasteiger charge is -2.29. The minimum absolute atomic E-state index is 0.538. The Morgan fingerprint density at radius 2 is 1.88 bits per heavy atom. The van der Waals surface area contributed by atoms with Crippen LogP contribution in [0.1, 0.15) is 5.56 Å². The smallest absolute Gasteiger partial charge is 0.368 e. The molecule has 0 atom stereocenters. The highest BCUT2D eigenvalue weighted by Crippen LogP contribution is 2.30. The highest BCUT2D eigenvalue weighted by Gasteiger charge is 2.31. The van der Waals surface area contributed by atoms with Crippen LogP contribution in [0.2, 0.25) is 0 Å². The maximum Gasteiger partial charge on any atom is 0.417 e. The molecule has 88 valence electrons. The van der Waals surface area contributed by atoms with Crippen molar-refractivity contribution >= 4 is 5.69 Å². The van der Waals surface area contributed by atoms with Gasteiger partial charge >= 0.3 is 6.18 Å². The predicted octanol–water partition coefficient (Wildman–Crippen LogP) is 1.51. The average Bonchev–Trinajstić information content (AvgIpc) is 2.29. The molecule has 0 bridgehead atoms. The number of hydrogen-bond donors (Lipinski definition) is 1. The number of hydrogen-bond acceptors (Lipinski definition) is 3. The van der Waals surface area contributed by atoms with Crippen LogP contribution in [0.3, 0.4) is 0 Å². The van der Waals surface area contributed by atoms with E-state index in [1.807, 2.05) is 4.90 Å². The van der Waals surface area contributed by atoms with Crippen LogP contribution in [0.5, 0.6) is 0 Å². The summed E-state index contributed by atoms with van der Waals surface area (Å²) < 4.78 is 37.4. The van der Waals surface area contributed by atoms with Crippen molar-refractivity contribution in [3.8, 4) is 0 Å². The lowest BCUT2D eigenvalue weighted by Crippen LogP contribution is -2.43. The Morgan fingerprint density at radius 1 is 1.19 bits per heavy atom. The first-order chi connectivity index (χ1) is 7.57. The number of nitrogens with zero attached hydrogens (tertiary/aromatic N) is 2. The van der Waals surface area contributed by atoms with Crippen molar-refractivity contribution in [3.63, 3.8) is 0 Å². The number of aromatic nitrogens is 1. The molecule has 0 spiro atoms. The molecule has 1 N–H and O–H groups in total. The Morgan fingerprint density at radius 3 is 2.50 bits per heavy atom. The van der Waals surface area contributed by atoms with Crippen molar-refractivity contribution in [2.45, 2.75) is 6.18 Å². The van der Waals surface area contributed by atoms with Crippen LogP contribution in [-0.4, -0.2) is 31.2 Å². The van der Waals surface area contributed by atoms with Crippen LogP contribution in [0.25, 0.3) is 0 Å². The van der Waals surface area contributed by atoms with E-state index in [0.29, 0.717) is 18.8 Å². The van der Waals surface area contributed by atoms with Gasteiger partial charge in [-0.3, -0.25) is 4.98 Å². The second-order valence-electron chi connectivity index (χ2n) is 3.67. The summed E-state index contributed by atoms with van der Waals surface area (Å²) in [5.74, 6) is 0. The summed E-state index contributed by atoms with van der Waals surface area (Å²) in [5, 5.41) is 3.15. The second-order valence-corrected chi connectivity index (χ2v) is 3.67. The zero-order valence-electron chi connectivity index (χ0n) is 8.59. The highest BCUT2D eigenvalue weighted by atomic mass is 19.4. The van der Waals surface area contributed by atoms with Crippen LogP contribution in [-0.2, 0) is 6.18 Å². The molecule has 6 heteroatoms. The number of piperazine rings is 1. The fourth-order valence-corrected chi connectivity index (χ4v) is 1.68. The number of alkyl halides is 3. The van der Waals surface area contributed by atoms with Crippen molar-refractivity contribution in [2.24, 2.45) is 0 Å². The van der Waals surface area contributed by atoms with Gasteiger partial charge in [-0.25, -0.2) is 0 Å². The van der Waals surface area contributed by atoms with Gasteiger partial charge in [0.05, 0.1) is 17.4 Å². The van der Waals surface area contributed by atoms with E-state index in [0.717, 1.165) is 25.4 Å². The van der Waals surface area contributed by atoms with E-state index >= 15 is 0 Å². The number of rotatable bonds is 1. The Bertz CT molecular complexity index is 359. The third-order valence-electron chi connectivity index (χ3n) is 2.53. The molecule has 1 fully saturated rings. The molecule has 16 heavy (non-hydrogen) atoms. The maximum absolute atomic E-state index is 12.5. The van der Waals surface area contributed by atoms with Crippen molar-refractivity contribution in [2.75, 3.05) is 31.1 Å². The van der Waals surface area contributed by atoms with Gasteiger partial charge in [0, 0.05) is 32.4 Å². The van der Waals surface area contributed by atoms with Crippen molar-refractivity contribution < 1.29 is 13.2 Å². The third-order valence-corrected chi connectivity index (χ3v) is 2.53. The normalized spacial score (nSPS) is 17.6. The van der Waals surface area contributed by atoms with E-state index in [4.69, 9.17) is 0 Å². The van der Waals surface area contributed by atoms with Crippen LogP contribution in [0.15, 0.2) is 18.5 Å². The van der Waals surface area contributed by atoms with Gasteiger partial charge in [0.1, 0.15) is 0 Å². The summed E-state index contributed by atoms with van der Waals surface area (Å²) in [6.45, 7) is 3.00. The first-order valence-corrected chi connectivity index (χ1v) is 5.05. The van der Waals surface area contributed by atoms with Gasteiger partial charge in [-0.05, 0) is 6.07 Å². The number of nitrogens with one attached hydrogen (secondary N) is 1. The van der Waals surface area contributed by atoms with E-state index in [2.05, 4.69) is 10.3 Å². The molecule has 0 aromatic carbocycles. The number of pyridine rings is 1. The van der Waals surface area contributed by atoms with Crippen molar-refractivity contribution in [3.05, 3.63) is 24.0 Å². The van der Waals surface area contributed by atoms with Crippen LogP contribution in [0.4, 0.5) is 18.9 Å². The van der Waals surface area contributed by atoms with Gasteiger partial charge < -0.3 is 10.2 Å². The monoisotopic (exact) mass is 231 g/mol. The summed E-state index contributed by atoms with van der Waals surface area (Å²) in [4.78, 5) is 5.55. The Labute approximate surface area is 91.3 Å². The van der Waals surface area contributed by atoms with Crippen LogP contribution >= 0.6 is 0 Å². The van der Waals surface area contributed by atoms with E-state index in [-0.39, 0.29) is 0 Å². The van der Waals surface area contributed by atoms with Crippen molar-refractivity contribution in [1.82, 2.24) is 10.3 Å². The zero-order chi connectivity index (χ0) is 11.6. The standard InChI is InChI=1S/C10H12F3N3/c11-10(12,13)8-5-9(7-15-6-8)16-3-1-14-2-4-16/h5-7,14H,1-4H2. The van der Waals surface area contributed by atoms with E-state index in [1.165, 1.54) is 6.20 Å². The van der Waals surface area contributed by atoms with E-state index < -0.39 is 11.7 Å². The molecule has 1 aliphatic rings.